The second kappa shape index (κ2) is 15.1. The van der Waals surface area contributed by atoms with Crippen LogP contribution in [0.15, 0.2) is 71.7 Å². The molecule has 9 heteroatoms. The first-order valence-electron chi connectivity index (χ1n) is 12.7. The van der Waals surface area contributed by atoms with Crippen LogP contribution in [0.25, 0.3) is 0 Å². The molecule has 0 spiro atoms. The van der Waals surface area contributed by atoms with Crippen molar-refractivity contribution < 1.29 is 19.1 Å². The Morgan fingerprint density at radius 1 is 1.13 bits per heavy atom. The van der Waals surface area contributed by atoms with E-state index in [0.717, 1.165) is 16.0 Å². The molecule has 2 N–H and O–H groups in total. The Kier molecular flexibility index (Phi) is 11.6. The van der Waals surface area contributed by atoms with Crippen molar-refractivity contribution in [2.75, 3.05) is 6.61 Å². The highest BCUT2D eigenvalue weighted by molar-refractivity contribution is 7.10. The number of amides is 2. The molecule has 1 aromatic heterocycles. The Morgan fingerprint density at radius 3 is 2.59 bits per heavy atom. The zero-order valence-corrected chi connectivity index (χ0v) is 24.0. The average Bonchev–Trinajstić information content (AvgIpc) is 3.41. The van der Waals surface area contributed by atoms with Crippen LogP contribution in [0.1, 0.15) is 42.3 Å². The number of hydrogen-bond acceptors (Lipinski definition) is 6. The van der Waals surface area contributed by atoms with Crippen molar-refractivity contribution in [3.05, 3.63) is 93.2 Å². The highest BCUT2D eigenvalue weighted by atomic mass is 35.5. The highest BCUT2D eigenvalue weighted by Crippen LogP contribution is 2.34. The average molecular weight is 568 g/mol. The van der Waals surface area contributed by atoms with Gasteiger partial charge in [-0.1, -0.05) is 55.8 Å². The second-order valence-corrected chi connectivity index (χ2v) is 10.5. The van der Waals surface area contributed by atoms with E-state index in [0.29, 0.717) is 35.1 Å². The molecule has 39 heavy (non-hydrogen) atoms. The van der Waals surface area contributed by atoms with Gasteiger partial charge in [0.25, 0.3) is 5.91 Å². The minimum Gasteiger partial charge on any atom is -0.490 e. The SMILES string of the molecule is C=CCc1cc(/C=N/NC(=O)[C@H](NC(=O)Cc2cccs2)C(C)C)cc(OCC)c1OCc1ccccc1Cl. The maximum atomic E-state index is 12.8. The van der Waals surface area contributed by atoms with E-state index in [9.17, 15) is 9.59 Å². The van der Waals surface area contributed by atoms with Crippen LogP contribution in [-0.2, 0) is 29.0 Å². The van der Waals surface area contributed by atoms with Gasteiger partial charge in [-0.05, 0) is 54.5 Å². The van der Waals surface area contributed by atoms with Crippen molar-refractivity contribution in [2.24, 2.45) is 11.0 Å². The molecule has 0 fully saturated rings. The molecule has 0 radical (unpaired) electrons. The van der Waals surface area contributed by atoms with Crippen LogP contribution in [0.3, 0.4) is 0 Å². The summed E-state index contributed by atoms with van der Waals surface area (Å²) in [7, 11) is 0. The third-order valence-corrected chi connectivity index (χ3v) is 6.96. The number of ether oxygens (including phenoxy) is 2. The monoisotopic (exact) mass is 567 g/mol. The maximum Gasteiger partial charge on any atom is 0.262 e. The number of rotatable bonds is 14. The Balaban J connectivity index is 1.73. The van der Waals surface area contributed by atoms with E-state index in [1.54, 1.807) is 12.1 Å². The lowest BCUT2D eigenvalue weighted by atomic mass is 10.0. The number of carbonyl (C=O) groups excluding carboxylic acids is 2. The summed E-state index contributed by atoms with van der Waals surface area (Å²) in [6.07, 6.45) is 4.09. The molecule has 0 bridgehead atoms. The van der Waals surface area contributed by atoms with Gasteiger partial charge < -0.3 is 14.8 Å². The minimum absolute atomic E-state index is 0.120. The highest BCUT2D eigenvalue weighted by Gasteiger charge is 2.24. The zero-order valence-electron chi connectivity index (χ0n) is 22.4. The van der Waals surface area contributed by atoms with Gasteiger partial charge in [0.15, 0.2) is 11.5 Å². The van der Waals surface area contributed by atoms with Crippen molar-refractivity contribution >= 4 is 41.0 Å². The molecule has 7 nitrogen and oxygen atoms in total. The topological polar surface area (TPSA) is 89.0 Å². The van der Waals surface area contributed by atoms with Gasteiger partial charge in [-0.25, -0.2) is 5.43 Å². The van der Waals surface area contributed by atoms with Gasteiger partial charge in [0.2, 0.25) is 5.91 Å². The van der Waals surface area contributed by atoms with Crippen LogP contribution in [-0.4, -0.2) is 30.7 Å². The van der Waals surface area contributed by atoms with Crippen LogP contribution in [0.2, 0.25) is 5.02 Å². The van der Waals surface area contributed by atoms with E-state index in [-0.39, 0.29) is 24.9 Å². The fourth-order valence-corrected chi connectivity index (χ4v) is 4.72. The van der Waals surface area contributed by atoms with E-state index < -0.39 is 11.9 Å². The number of allylic oxidation sites excluding steroid dienone is 1. The first-order chi connectivity index (χ1) is 18.8. The Morgan fingerprint density at radius 2 is 1.92 bits per heavy atom. The van der Waals surface area contributed by atoms with Gasteiger partial charge in [-0.15, -0.1) is 17.9 Å². The number of hydrogen-bond donors (Lipinski definition) is 2. The standard InChI is InChI=1S/C30H34ClN3O4S/c1-5-10-22-15-21(16-26(37-6-2)29(22)38-19-23-11-7-8-13-25(23)31)18-32-34-30(36)28(20(3)4)33-27(35)17-24-12-9-14-39-24/h5,7-9,11-16,18,20,28H,1,6,10,17,19H2,2-4H3,(H,33,35)(H,34,36)/b32-18+/t28-/m1/s1. The van der Waals surface area contributed by atoms with Crippen LogP contribution in [0.5, 0.6) is 11.5 Å². The quantitative estimate of drug-likeness (QED) is 0.143. The first kappa shape index (κ1) is 29.9. The van der Waals surface area contributed by atoms with Crippen LogP contribution in [0.4, 0.5) is 0 Å². The van der Waals surface area contributed by atoms with Gasteiger partial charge in [-0.2, -0.15) is 5.10 Å². The maximum absolute atomic E-state index is 12.8. The lowest BCUT2D eigenvalue weighted by molar-refractivity contribution is -0.129. The Labute approximate surface area is 238 Å². The smallest absolute Gasteiger partial charge is 0.262 e. The molecule has 206 valence electrons. The Hall–Kier alpha value is -3.62. The number of hydrazone groups is 1. The molecule has 1 heterocycles. The number of halogens is 1. The number of benzene rings is 2. The zero-order chi connectivity index (χ0) is 28.2. The van der Waals surface area contributed by atoms with E-state index in [2.05, 4.69) is 22.4 Å². The number of carbonyl (C=O) groups is 2. The molecule has 0 unspecified atom stereocenters. The summed E-state index contributed by atoms with van der Waals surface area (Å²) in [5.41, 5.74) is 4.99. The molecular weight excluding hydrogens is 534 g/mol. The Bertz CT molecular complexity index is 1290. The van der Waals surface area contributed by atoms with E-state index >= 15 is 0 Å². The molecule has 2 amide bonds. The van der Waals surface area contributed by atoms with Crippen LogP contribution in [0, 0.1) is 5.92 Å². The molecular formula is C30H34ClN3O4S. The molecule has 0 aliphatic rings. The number of thiophene rings is 1. The van der Waals surface area contributed by atoms with Crippen LogP contribution < -0.4 is 20.2 Å². The van der Waals surface area contributed by atoms with Crippen molar-refractivity contribution in [3.63, 3.8) is 0 Å². The summed E-state index contributed by atoms with van der Waals surface area (Å²) in [5.74, 6) is 0.435. The molecule has 0 saturated carbocycles. The molecule has 0 saturated heterocycles. The first-order valence-corrected chi connectivity index (χ1v) is 14.0. The number of nitrogens with one attached hydrogen (secondary N) is 2. The van der Waals surface area contributed by atoms with E-state index in [4.69, 9.17) is 21.1 Å². The largest absolute Gasteiger partial charge is 0.490 e. The van der Waals surface area contributed by atoms with E-state index in [1.165, 1.54) is 17.6 Å². The summed E-state index contributed by atoms with van der Waals surface area (Å²) < 4.78 is 12.0. The van der Waals surface area contributed by atoms with Crippen molar-refractivity contribution in [1.82, 2.24) is 10.7 Å². The summed E-state index contributed by atoms with van der Waals surface area (Å²) in [6, 6.07) is 14.3. The fraction of sp³-hybridized carbons (Fsp3) is 0.300. The molecule has 0 aliphatic carbocycles. The van der Waals surface area contributed by atoms with Gasteiger partial charge >= 0.3 is 0 Å². The lowest BCUT2D eigenvalue weighted by Crippen LogP contribution is -2.49. The molecule has 1 atom stereocenters. The number of nitrogens with zero attached hydrogens (tertiary/aromatic N) is 1. The van der Waals surface area contributed by atoms with Crippen molar-refractivity contribution in [2.45, 2.75) is 46.3 Å². The summed E-state index contributed by atoms with van der Waals surface area (Å²) >= 11 is 7.80. The third kappa shape index (κ3) is 8.97. The molecule has 3 rings (SSSR count). The summed E-state index contributed by atoms with van der Waals surface area (Å²) in [5, 5.41) is 9.51. The predicted octanol–water partition coefficient (Wildman–Crippen LogP) is 5.94. The van der Waals surface area contributed by atoms with Gasteiger partial charge in [0, 0.05) is 21.0 Å². The van der Waals surface area contributed by atoms with Crippen molar-refractivity contribution in [1.29, 1.82) is 0 Å². The van der Waals surface area contributed by atoms with Crippen LogP contribution >= 0.6 is 22.9 Å². The second-order valence-electron chi connectivity index (χ2n) is 9.09. The minimum atomic E-state index is -0.717. The summed E-state index contributed by atoms with van der Waals surface area (Å²) in [6.45, 7) is 10.2. The van der Waals surface area contributed by atoms with E-state index in [1.807, 2.05) is 68.6 Å². The normalized spacial score (nSPS) is 11.8. The fourth-order valence-electron chi connectivity index (χ4n) is 3.83. The van der Waals surface area contributed by atoms with Crippen molar-refractivity contribution in [3.8, 4) is 11.5 Å². The molecule has 2 aromatic carbocycles. The predicted molar refractivity (Wildman–Crippen MR) is 158 cm³/mol. The lowest BCUT2D eigenvalue weighted by Gasteiger charge is -2.20. The van der Waals surface area contributed by atoms with Gasteiger partial charge in [-0.3, -0.25) is 9.59 Å². The van der Waals surface area contributed by atoms with Gasteiger partial charge in [0.1, 0.15) is 12.6 Å². The molecule has 0 aliphatic heterocycles. The third-order valence-electron chi connectivity index (χ3n) is 5.72. The molecule has 3 aromatic rings. The summed E-state index contributed by atoms with van der Waals surface area (Å²) in [4.78, 5) is 26.2. The van der Waals surface area contributed by atoms with Gasteiger partial charge in [0.05, 0.1) is 19.2 Å².